The molecule has 49 heavy (non-hydrogen) atoms. The predicted octanol–water partition coefficient (Wildman–Crippen LogP) is 5.84. The van der Waals surface area contributed by atoms with Crippen molar-refractivity contribution in [2.24, 2.45) is 23.7 Å². The second-order valence-electron chi connectivity index (χ2n) is 13.5. The number of carboxylic acid groups (broad SMARTS) is 1. The number of nitrogens with zero attached hydrogens (tertiary/aromatic N) is 1. The van der Waals surface area contributed by atoms with E-state index in [0.29, 0.717) is 22.3 Å². The molecule has 2 fully saturated rings. The molecule has 1 saturated heterocycles. The first-order valence-corrected chi connectivity index (χ1v) is 16.6. The van der Waals surface area contributed by atoms with Gasteiger partial charge in [0, 0.05) is 29.5 Å². The smallest absolute Gasteiger partial charge is 0.305 e. The number of carbonyl (C=O) groups is 5. The van der Waals surface area contributed by atoms with Crippen LogP contribution in [0.5, 0.6) is 5.75 Å². The van der Waals surface area contributed by atoms with E-state index in [2.05, 4.69) is 0 Å². The molecule has 244 valence electrons. The molecule has 3 aliphatic carbocycles. The molecular formula is C41H33NO7. The summed E-state index contributed by atoms with van der Waals surface area (Å²) in [6.45, 7) is -0.231. The van der Waals surface area contributed by atoms with Crippen molar-refractivity contribution in [1.29, 1.82) is 0 Å². The highest BCUT2D eigenvalue weighted by molar-refractivity contribution is 6.32. The van der Waals surface area contributed by atoms with E-state index in [4.69, 9.17) is 0 Å². The molecule has 8 nitrogen and oxygen atoms in total. The molecule has 1 aliphatic heterocycles. The van der Waals surface area contributed by atoms with E-state index in [9.17, 15) is 24.6 Å². The summed E-state index contributed by atoms with van der Waals surface area (Å²) >= 11 is 0. The van der Waals surface area contributed by atoms with Crippen molar-refractivity contribution in [2.75, 3.05) is 6.54 Å². The van der Waals surface area contributed by atoms with Gasteiger partial charge in [-0.15, -0.1) is 0 Å². The van der Waals surface area contributed by atoms with Crippen molar-refractivity contribution in [2.45, 2.75) is 30.6 Å². The third-order valence-electron chi connectivity index (χ3n) is 11.3. The van der Waals surface area contributed by atoms with Crippen LogP contribution in [0.4, 0.5) is 0 Å². The van der Waals surface area contributed by atoms with Crippen LogP contribution in [0.2, 0.25) is 0 Å². The first-order chi connectivity index (χ1) is 23.7. The summed E-state index contributed by atoms with van der Waals surface area (Å²) in [4.78, 5) is 70.5. The van der Waals surface area contributed by atoms with Crippen LogP contribution in [0.15, 0.2) is 115 Å². The molecule has 0 radical (unpaired) electrons. The number of aliphatic carboxylic acids is 1. The minimum Gasteiger partial charge on any atom is -0.508 e. The van der Waals surface area contributed by atoms with E-state index in [1.165, 1.54) is 6.08 Å². The van der Waals surface area contributed by atoms with Gasteiger partial charge in [0.05, 0.1) is 23.7 Å². The Kier molecular flexibility index (Phi) is 7.21. The Hall–Kier alpha value is -5.63. The Morgan fingerprint density at radius 3 is 2.24 bits per heavy atom. The summed E-state index contributed by atoms with van der Waals surface area (Å²) in [5, 5.41) is 22.7. The van der Waals surface area contributed by atoms with Gasteiger partial charge in [0.25, 0.3) is 0 Å². The van der Waals surface area contributed by atoms with E-state index >= 15 is 9.59 Å². The number of fused-ring (bicyclic) bond motifs is 5. The number of rotatable bonds is 6. The summed E-state index contributed by atoms with van der Waals surface area (Å²) in [5.74, 6) is -6.45. The van der Waals surface area contributed by atoms with E-state index in [-0.39, 0.29) is 43.1 Å². The fraction of sp³-hybridized carbons (Fsp3) is 0.244. The summed E-state index contributed by atoms with van der Waals surface area (Å²) in [5.41, 5.74) is 1.31. The minimum atomic E-state index is -1.47. The highest BCUT2D eigenvalue weighted by Gasteiger charge is 2.66. The van der Waals surface area contributed by atoms with E-state index in [0.717, 1.165) is 21.2 Å². The Bertz CT molecular complexity index is 2130. The normalized spacial score (nSPS) is 27.7. The van der Waals surface area contributed by atoms with Crippen molar-refractivity contribution in [3.8, 4) is 5.75 Å². The lowest BCUT2D eigenvalue weighted by Crippen LogP contribution is -2.58. The Balaban J connectivity index is 1.41. The monoisotopic (exact) mass is 651 g/mol. The highest BCUT2D eigenvalue weighted by atomic mass is 16.4. The maximum absolute atomic E-state index is 15.2. The maximum atomic E-state index is 15.2. The Morgan fingerprint density at radius 2 is 1.51 bits per heavy atom. The zero-order valence-corrected chi connectivity index (χ0v) is 26.5. The fourth-order valence-corrected chi connectivity index (χ4v) is 9.27. The highest BCUT2D eigenvalue weighted by Crippen LogP contribution is 2.65. The molecule has 4 aliphatic rings. The second-order valence-corrected chi connectivity index (χ2v) is 13.5. The van der Waals surface area contributed by atoms with E-state index < -0.39 is 52.8 Å². The number of carboxylic acids is 1. The molecule has 1 heterocycles. The zero-order chi connectivity index (χ0) is 34.0. The molecule has 2 amide bonds. The van der Waals surface area contributed by atoms with Gasteiger partial charge < -0.3 is 10.2 Å². The van der Waals surface area contributed by atoms with Crippen LogP contribution < -0.4 is 0 Å². The fourth-order valence-electron chi connectivity index (χ4n) is 9.27. The topological polar surface area (TPSA) is 129 Å². The lowest BCUT2D eigenvalue weighted by atomic mass is 9.44. The van der Waals surface area contributed by atoms with Crippen molar-refractivity contribution in [3.63, 3.8) is 0 Å². The number of hydrogen-bond acceptors (Lipinski definition) is 6. The molecule has 0 unspecified atom stereocenters. The van der Waals surface area contributed by atoms with Gasteiger partial charge in [-0.25, -0.2) is 0 Å². The van der Waals surface area contributed by atoms with Gasteiger partial charge in [-0.05, 0) is 52.8 Å². The number of phenolic OH excluding ortho intramolecular Hbond substituents is 1. The van der Waals surface area contributed by atoms with Crippen LogP contribution in [0.3, 0.4) is 0 Å². The largest absolute Gasteiger partial charge is 0.508 e. The molecule has 0 spiro atoms. The van der Waals surface area contributed by atoms with Crippen molar-refractivity contribution in [3.05, 3.63) is 131 Å². The number of phenols is 1. The second kappa shape index (κ2) is 11.5. The number of hydrogen-bond donors (Lipinski definition) is 2. The predicted molar refractivity (Wildman–Crippen MR) is 181 cm³/mol. The number of allylic oxidation sites excluding steroid dienone is 4. The summed E-state index contributed by atoms with van der Waals surface area (Å²) < 4.78 is 0. The summed E-state index contributed by atoms with van der Waals surface area (Å²) in [6.07, 6.45) is 3.38. The van der Waals surface area contributed by atoms with E-state index in [1.54, 1.807) is 18.2 Å². The van der Waals surface area contributed by atoms with Gasteiger partial charge in [-0.2, -0.15) is 0 Å². The molecule has 4 aromatic rings. The van der Waals surface area contributed by atoms with Crippen LogP contribution in [0.25, 0.3) is 16.3 Å². The summed E-state index contributed by atoms with van der Waals surface area (Å²) in [6, 6.07) is 29.3. The molecule has 8 rings (SSSR count). The Labute approximate surface area is 282 Å². The molecule has 0 bridgehead atoms. The molecule has 8 heteroatoms. The van der Waals surface area contributed by atoms with Gasteiger partial charge in [-0.1, -0.05) is 103 Å². The van der Waals surface area contributed by atoms with Crippen LogP contribution in [-0.2, 0) is 29.4 Å². The quantitative estimate of drug-likeness (QED) is 0.198. The van der Waals surface area contributed by atoms with Gasteiger partial charge >= 0.3 is 5.97 Å². The summed E-state index contributed by atoms with van der Waals surface area (Å²) in [7, 11) is 0. The van der Waals surface area contributed by atoms with Gasteiger partial charge in [-0.3, -0.25) is 28.9 Å². The maximum Gasteiger partial charge on any atom is 0.305 e. The van der Waals surface area contributed by atoms with Gasteiger partial charge in [0.2, 0.25) is 11.8 Å². The lowest BCUT2D eigenvalue weighted by molar-refractivity contribution is -0.142. The van der Waals surface area contributed by atoms with Crippen LogP contribution in [0, 0.1) is 23.7 Å². The van der Waals surface area contributed by atoms with Gasteiger partial charge in [0.15, 0.2) is 11.6 Å². The number of likely N-dealkylation sites (tertiary alicyclic amines) is 1. The average molecular weight is 652 g/mol. The van der Waals surface area contributed by atoms with Crippen molar-refractivity contribution < 1.29 is 34.2 Å². The first-order valence-electron chi connectivity index (χ1n) is 16.6. The number of carbonyl (C=O) groups excluding carboxylic acids is 4. The standard InChI is InChI=1S/C41H33NO7/c43-32-18-15-24-11-7-8-14-26(24)36(32)37-27-16-17-28-35(40(49)42(39(28)48)20-19-34(45)46)30(27)21-31-38(47)29(23-9-3-1-4-10-23)22-33(44)41(31,37)25-12-5-2-6-13-25/h1-16,18,22,28,30-31,35,37,43H,17,19-21H2,(H,45,46)/t28-,30+,31-,35-,37+,41-/m0/s1. The first kappa shape index (κ1) is 30.7. The third-order valence-corrected chi connectivity index (χ3v) is 11.3. The molecule has 1 saturated carbocycles. The van der Waals surface area contributed by atoms with Gasteiger partial charge in [0.1, 0.15) is 5.75 Å². The molecule has 0 aromatic heterocycles. The lowest BCUT2D eigenvalue weighted by Gasteiger charge is -2.55. The van der Waals surface area contributed by atoms with Crippen LogP contribution >= 0.6 is 0 Å². The van der Waals surface area contributed by atoms with E-state index in [1.807, 2.05) is 84.9 Å². The third kappa shape index (κ3) is 4.46. The zero-order valence-electron chi connectivity index (χ0n) is 26.5. The van der Waals surface area contributed by atoms with Crippen molar-refractivity contribution in [1.82, 2.24) is 4.90 Å². The minimum absolute atomic E-state index is 0.0311. The SMILES string of the molecule is O=C(O)CCN1C(=O)[C@H]2[C@H](CC=C3[C@H]2C[C@H]2C(=O)C(c4ccccc4)=CC(=O)[C@@]2(c2ccccc2)[C@H]3c2c(O)ccc3ccccc23)C1=O. The number of aromatic hydroxyl groups is 1. The molecular weight excluding hydrogens is 618 g/mol. The average Bonchev–Trinajstić information content (AvgIpc) is 3.37. The van der Waals surface area contributed by atoms with Crippen LogP contribution in [-0.4, -0.2) is 51.0 Å². The Morgan fingerprint density at radius 1 is 0.816 bits per heavy atom. The number of benzene rings is 4. The number of imide groups is 1. The molecule has 4 aromatic carbocycles. The van der Waals surface area contributed by atoms with Crippen molar-refractivity contribution >= 4 is 45.7 Å². The number of amides is 2. The van der Waals surface area contributed by atoms with Crippen LogP contribution in [0.1, 0.15) is 41.9 Å². The number of Topliss-reactive ketones (excluding diaryl/α,β-unsaturated/α-hetero) is 1. The molecule has 6 atom stereocenters. The number of ketones is 2. The molecule has 2 N–H and O–H groups in total.